The third-order valence-electron chi connectivity index (χ3n) is 2.86. The topological polar surface area (TPSA) is 26.0 Å². The van der Waals surface area contributed by atoms with Crippen molar-refractivity contribution in [3.8, 4) is 11.3 Å². The molecule has 1 aromatic heterocycles. The summed E-state index contributed by atoms with van der Waals surface area (Å²) in [5.41, 5.74) is 1.63. The number of halogens is 2. The normalized spacial score (nSPS) is 10.8. The largest absolute Gasteiger partial charge is 0.431 e. The van der Waals surface area contributed by atoms with Gasteiger partial charge in [0.1, 0.15) is 11.6 Å². The van der Waals surface area contributed by atoms with Crippen molar-refractivity contribution in [2.45, 2.75) is 11.0 Å². The average Bonchev–Trinajstić information content (AvgIpc) is 2.95. The highest BCUT2D eigenvalue weighted by Crippen LogP contribution is 2.27. The Hall–Kier alpha value is -2.14. The molecule has 0 N–H and O–H groups in total. The first-order chi connectivity index (χ1) is 10.2. The van der Waals surface area contributed by atoms with E-state index in [9.17, 15) is 8.78 Å². The molecule has 0 aliphatic carbocycles. The molecule has 0 saturated carbocycles. The highest BCUT2D eigenvalue weighted by molar-refractivity contribution is 7.98. The predicted molar refractivity (Wildman–Crippen MR) is 77.9 cm³/mol. The van der Waals surface area contributed by atoms with Crippen molar-refractivity contribution in [3.05, 3.63) is 71.9 Å². The summed E-state index contributed by atoms with van der Waals surface area (Å²) in [5.74, 6) is 0.601. The molecule has 3 aromatic rings. The van der Waals surface area contributed by atoms with Gasteiger partial charge in [0.2, 0.25) is 0 Å². The maximum absolute atomic E-state index is 13.1. The van der Waals surface area contributed by atoms with Gasteiger partial charge >= 0.3 is 0 Å². The second kappa shape index (κ2) is 6.10. The van der Waals surface area contributed by atoms with Crippen molar-refractivity contribution in [1.82, 2.24) is 4.98 Å². The van der Waals surface area contributed by atoms with Crippen molar-refractivity contribution in [2.24, 2.45) is 0 Å². The highest BCUT2D eigenvalue weighted by atomic mass is 32.2. The van der Waals surface area contributed by atoms with Gasteiger partial charge in [0.15, 0.2) is 5.76 Å². The van der Waals surface area contributed by atoms with Gasteiger partial charge in [-0.3, -0.25) is 0 Å². The lowest BCUT2D eigenvalue weighted by Crippen LogP contribution is -1.82. The molecule has 0 saturated heterocycles. The maximum atomic E-state index is 13.1. The second-order valence-electron chi connectivity index (χ2n) is 4.42. The molecule has 2 nitrogen and oxygen atoms in total. The molecule has 5 heteroatoms. The van der Waals surface area contributed by atoms with Gasteiger partial charge < -0.3 is 4.42 Å². The van der Waals surface area contributed by atoms with Crippen LogP contribution in [-0.4, -0.2) is 4.98 Å². The zero-order valence-electron chi connectivity index (χ0n) is 10.9. The fourth-order valence-corrected chi connectivity index (χ4v) is 2.59. The number of oxazole rings is 1. The summed E-state index contributed by atoms with van der Waals surface area (Å²) in [4.78, 5) is 4.16. The minimum absolute atomic E-state index is 0.257. The Morgan fingerprint density at radius 2 is 1.81 bits per heavy atom. The summed E-state index contributed by atoms with van der Waals surface area (Å²) in [5, 5.41) is 0.499. The smallest absolute Gasteiger partial charge is 0.256 e. The van der Waals surface area contributed by atoms with Crippen LogP contribution in [-0.2, 0) is 5.75 Å². The molecule has 0 unspecified atom stereocenters. The Morgan fingerprint density at radius 3 is 2.57 bits per heavy atom. The Balaban J connectivity index is 1.69. The van der Waals surface area contributed by atoms with Gasteiger partial charge in [0.25, 0.3) is 5.22 Å². The van der Waals surface area contributed by atoms with Gasteiger partial charge in [-0.05, 0) is 42.0 Å². The number of aromatic nitrogens is 1. The van der Waals surface area contributed by atoms with Crippen molar-refractivity contribution in [2.75, 3.05) is 0 Å². The standard InChI is InChI=1S/C16H11F2NOS/c17-13-6-4-12(5-7-13)15-9-19-16(20-15)21-10-11-2-1-3-14(18)8-11/h1-9H,10H2. The molecule has 0 atom stereocenters. The zero-order chi connectivity index (χ0) is 14.7. The first-order valence-electron chi connectivity index (χ1n) is 6.30. The van der Waals surface area contributed by atoms with Gasteiger partial charge in [-0.1, -0.05) is 23.9 Å². The Morgan fingerprint density at radius 1 is 1.00 bits per heavy atom. The number of hydrogen-bond acceptors (Lipinski definition) is 3. The van der Waals surface area contributed by atoms with Crippen LogP contribution in [0.5, 0.6) is 0 Å². The summed E-state index contributed by atoms with van der Waals surface area (Å²) in [6.45, 7) is 0. The third kappa shape index (κ3) is 3.49. The van der Waals surface area contributed by atoms with Gasteiger partial charge in [-0.2, -0.15) is 0 Å². The maximum Gasteiger partial charge on any atom is 0.256 e. The lowest BCUT2D eigenvalue weighted by atomic mass is 10.2. The number of benzene rings is 2. The van der Waals surface area contributed by atoms with Crippen LogP contribution in [0.1, 0.15) is 5.56 Å². The molecule has 3 rings (SSSR count). The van der Waals surface area contributed by atoms with Crippen molar-refractivity contribution < 1.29 is 13.2 Å². The van der Waals surface area contributed by atoms with Gasteiger partial charge in [-0.15, -0.1) is 0 Å². The number of nitrogens with zero attached hydrogens (tertiary/aromatic N) is 1. The van der Waals surface area contributed by atoms with Crippen LogP contribution in [0.4, 0.5) is 8.78 Å². The number of hydrogen-bond donors (Lipinski definition) is 0. The van der Waals surface area contributed by atoms with E-state index in [4.69, 9.17) is 4.42 Å². The molecule has 0 aliphatic rings. The lowest BCUT2D eigenvalue weighted by molar-refractivity contribution is 0.466. The van der Waals surface area contributed by atoms with E-state index in [-0.39, 0.29) is 11.6 Å². The van der Waals surface area contributed by atoms with E-state index in [1.807, 2.05) is 6.07 Å². The fraction of sp³-hybridized carbons (Fsp3) is 0.0625. The molecule has 0 amide bonds. The van der Waals surface area contributed by atoms with Crippen LogP contribution in [0.3, 0.4) is 0 Å². The van der Waals surface area contributed by atoms with Crippen LogP contribution in [0.15, 0.2) is 64.4 Å². The van der Waals surface area contributed by atoms with Crippen molar-refractivity contribution in [1.29, 1.82) is 0 Å². The predicted octanol–water partition coefficient (Wildman–Crippen LogP) is 4.91. The first kappa shape index (κ1) is 13.8. The summed E-state index contributed by atoms with van der Waals surface area (Å²) in [6, 6.07) is 12.4. The summed E-state index contributed by atoms with van der Waals surface area (Å²) in [7, 11) is 0. The van der Waals surface area contributed by atoms with Crippen molar-refractivity contribution >= 4 is 11.8 Å². The van der Waals surface area contributed by atoms with Crippen LogP contribution in [0, 0.1) is 11.6 Å². The van der Waals surface area contributed by atoms with Crippen molar-refractivity contribution in [3.63, 3.8) is 0 Å². The van der Waals surface area contributed by atoms with E-state index in [0.717, 1.165) is 11.1 Å². The molecule has 106 valence electrons. The first-order valence-corrected chi connectivity index (χ1v) is 7.28. The van der Waals surface area contributed by atoms with Crippen LogP contribution in [0.2, 0.25) is 0 Å². The molecule has 0 bridgehead atoms. The van der Waals surface area contributed by atoms with Crippen LogP contribution in [0.25, 0.3) is 11.3 Å². The third-order valence-corrected chi connectivity index (χ3v) is 3.78. The molecular formula is C16H11F2NOS. The molecule has 1 heterocycles. The number of rotatable bonds is 4. The minimum atomic E-state index is -0.293. The molecule has 2 aromatic carbocycles. The summed E-state index contributed by atoms with van der Waals surface area (Å²) >= 11 is 1.38. The van der Waals surface area contributed by atoms with Crippen LogP contribution >= 0.6 is 11.8 Å². The molecule has 0 radical (unpaired) electrons. The fourth-order valence-electron chi connectivity index (χ4n) is 1.84. The minimum Gasteiger partial charge on any atom is -0.431 e. The molecule has 0 spiro atoms. The lowest BCUT2D eigenvalue weighted by Gasteiger charge is -1.99. The number of thioether (sulfide) groups is 1. The van der Waals surface area contributed by atoms with E-state index in [1.165, 1.54) is 36.0 Å². The SMILES string of the molecule is Fc1ccc(-c2cnc(SCc3cccc(F)c3)o2)cc1. The quantitative estimate of drug-likeness (QED) is 0.640. The molecule has 0 fully saturated rings. The average molecular weight is 303 g/mol. The van der Waals surface area contributed by atoms with E-state index >= 15 is 0 Å². The van der Waals surface area contributed by atoms with Gasteiger partial charge in [-0.25, -0.2) is 13.8 Å². The summed E-state index contributed by atoms with van der Waals surface area (Å²) in [6.07, 6.45) is 1.60. The van der Waals surface area contributed by atoms with Crippen LogP contribution < -0.4 is 0 Å². The van der Waals surface area contributed by atoms with Gasteiger partial charge in [0.05, 0.1) is 6.20 Å². The Kier molecular flexibility index (Phi) is 4.01. The second-order valence-corrected chi connectivity index (χ2v) is 5.34. The van der Waals surface area contributed by atoms with E-state index in [0.29, 0.717) is 16.7 Å². The highest BCUT2D eigenvalue weighted by Gasteiger charge is 2.07. The molecular weight excluding hydrogens is 292 g/mol. The van der Waals surface area contributed by atoms with E-state index in [1.54, 1.807) is 24.4 Å². The van der Waals surface area contributed by atoms with E-state index in [2.05, 4.69) is 4.98 Å². The summed E-state index contributed by atoms with van der Waals surface area (Å²) < 4.78 is 31.5. The Labute approximate surface area is 124 Å². The van der Waals surface area contributed by atoms with Gasteiger partial charge in [0, 0.05) is 11.3 Å². The Bertz CT molecular complexity index is 740. The monoisotopic (exact) mass is 303 g/mol. The molecule has 0 aliphatic heterocycles. The van der Waals surface area contributed by atoms with E-state index < -0.39 is 0 Å². The molecule has 21 heavy (non-hydrogen) atoms. The zero-order valence-corrected chi connectivity index (χ0v) is 11.7.